The molecule has 108 valence electrons. The van der Waals surface area contributed by atoms with Crippen LogP contribution in [0.4, 0.5) is 0 Å². The third-order valence-corrected chi connectivity index (χ3v) is 3.52. The Labute approximate surface area is 117 Å². The molecule has 2 N–H and O–H groups in total. The Kier molecular flexibility index (Phi) is 4.55. The summed E-state index contributed by atoms with van der Waals surface area (Å²) in [5.74, 6) is -1.30. The van der Waals surface area contributed by atoms with Crippen molar-refractivity contribution in [2.24, 2.45) is 13.0 Å². The molecule has 0 spiro atoms. The summed E-state index contributed by atoms with van der Waals surface area (Å²) >= 11 is 0. The number of aliphatic carboxylic acids is 1. The fourth-order valence-corrected chi connectivity index (χ4v) is 2.49. The normalized spacial score (nSPS) is 22.9. The lowest BCUT2D eigenvalue weighted by atomic mass is 9.86. The molecular formula is C14H19N3O3. The molecule has 1 aliphatic carbocycles. The number of aromatic nitrogens is 2. The summed E-state index contributed by atoms with van der Waals surface area (Å²) in [6.07, 6.45) is 9.54. The number of amides is 1. The maximum absolute atomic E-state index is 11.8. The topological polar surface area (TPSA) is 84.2 Å². The Morgan fingerprint density at radius 1 is 1.50 bits per heavy atom. The molecule has 0 bridgehead atoms. The molecule has 0 radical (unpaired) electrons. The minimum absolute atomic E-state index is 0.0455. The summed E-state index contributed by atoms with van der Waals surface area (Å²) in [6, 6.07) is -0.0455. The Hall–Kier alpha value is -2.11. The Bertz CT molecular complexity index is 521. The predicted octanol–water partition coefficient (Wildman–Crippen LogP) is 1.19. The van der Waals surface area contributed by atoms with Gasteiger partial charge in [0.25, 0.3) is 0 Å². The van der Waals surface area contributed by atoms with Crippen molar-refractivity contribution < 1.29 is 14.7 Å². The molecule has 2 unspecified atom stereocenters. The van der Waals surface area contributed by atoms with Crippen molar-refractivity contribution in [1.82, 2.24) is 15.1 Å². The van der Waals surface area contributed by atoms with Gasteiger partial charge >= 0.3 is 5.97 Å². The zero-order valence-corrected chi connectivity index (χ0v) is 11.5. The first-order chi connectivity index (χ1) is 9.54. The van der Waals surface area contributed by atoms with Crippen LogP contribution in [0.2, 0.25) is 0 Å². The largest absolute Gasteiger partial charge is 0.481 e. The number of nitrogens with zero attached hydrogens (tertiary/aromatic N) is 2. The first-order valence-corrected chi connectivity index (χ1v) is 6.74. The van der Waals surface area contributed by atoms with E-state index in [2.05, 4.69) is 10.4 Å². The third-order valence-electron chi connectivity index (χ3n) is 3.52. The standard InChI is InChI=1S/C14H19N3O3/c1-17-9-10(8-15-17)5-6-13(18)16-12-4-2-3-11(7-12)14(19)20/h5-6,8-9,11-12H,2-4,7H2,1H3,(H,16,18)(H,19,20). The van der Waals surface area contributed by atoms with Crippen molar-refractivity contribution in [3.05, 3.63) is 24.0 Å². The quantitative estimate of drug-likeness (QED) is 0.810. The zero-order valence-electron chi connectivity index (χ0n) is 11.5. The number of carboxylic acids is 1. The number of hydrogen-bond donors (Lipinski definition) is 2. The molecule has 1 saturated carbocycles. The molecule has 0 saturated heterocycles. The van der Waals surface area contributed by atoms with Crippen molar-refractivity contribution in [3.8, 4) is 0 Å². The average Bonchev–Trinajstić information content (AvgIpc) is 2.82. The van der Waals surface area contributed by atoms with Crippen LogP contribution in [0.1, 0.15) is 31.2 Å². The molecular weight excluding hydrogens is 258 g/mol. The van der Waals surface area contributed by atoms with Gasteiger partial charge in [-0.1, -0.05) is 6.42 Å². The van der Waals surface area contributed by atoms with Crippen molar-refractivity contribution in [2.75, 3.05) is 0 Å². The summed E-state index contributed by atoms with van der Waals surface area (Å²) in [5.41, 5.74) is 0.856. The van der Waals surface area contributed by atoms with E-state index in [4.69, 9.17) is 5.11 Å². The van der Waals surface area contributed by atoms with Gasteiger partial charge in [-0.25, -0.2) is 0 Å². The van der Waals surface area contributed by atoms with E-state index in [1.807, 2.05) is 13.2 Å². The summed E-state index contributed by atoms with van der Waals surface area (Å²) < 4.78 is 1.66. The van der Waals surface area contributed by atoms with Crippen LogP contribution < -0.4 is 5.32 Å². The second-order valence-corrected chi connectivity index (χ2v) is 5.19. The first kappa shape index (κ1) is 14.3. The van der Waals surface area contributed by atoms with Gasteiger partial charge in [-0.05, 0) is 25.3 Å². The van der Waals surface area contributed by atoms with Gasteiger partial charge in [-0.2, -0.15) is 5.10 Å². The zero-order chi connectivity index (χ0) is 14.5. The Balaban J connectivity index is 1.85. The third kappa shape index (κ3) is 3.94. The predicted molar refractivity (Wildman–Crippen MR) is 73.8 cm³/mol. The van der Waals surface area contributed by atoms with E-state index >= 15 is 0 Å². The number of carbonyl (C=O) groups excluding carboxylic acids is 1. The molecule has 1 fully saturated rings. The highest BCUT2D eigenvalue weighted by atomic mass is 16.4. The van der Waals surface area contributed by atoms with Gasteiger partial charge in [0.15, 0.2) is 0 Å². The lowest BCUT2D eigenvalue weighted by molar-refractivity contribution is -0.143. The summed E-state index contributed by atoms with van der Waals surface area (Å²) in [7, 11) is 1.81. The van der Waals surface area contributed by atoms with E-state index in [1.54, 1.807) is 17.0 Å². The van der Waals surface area contributed by atoms with Crippen LogP contribution in [0, 0.1) is 5.92 Å². The molecule has 1 aromatic rings. The number of rotatable bonds is 4. The lowest BCUT2D eigenvalue weighted by Gasteiger charge is -2.26. The molecule has 6 nitrogen and oxygen atoms in total. The first-order valence-electron chi connectivity index (χ1n) is 6.74. The number of carboxylic acid groups (broad SMARTS) is 1. The van der Waals surface area contributed by atoms with Gasteiger partial charge < -0.3 is 10.4 Å². The summed E-state index contributed by atoms with van der Waals surface area (Å²) in [4.78, 5) is 22.8. The average molecular weight is 277 g/mol. The van der Waals surface area contributed by atoms with Crippen LogP contribution in [0.25, 0.3) is 6.08 Å². The van der Waals surface area contributed by atoms with Gasteiger partial charge in [0.2, 0.25) is 5.91 Å². The van der Waals surface area contributed by atoms with Crippen LogP contribution in [0.5, 0.6) is 0 Å². The molecule has 1 aromatic heterocycles. The number of carbonyl (C=O) groups is 2. The molecule has 1 amide bonds. The van der Waals surface area contributed by atoms with E-state index in [1.165, 1.54) is 6.08 Å². The molecule has 0 aliphatic heterocycles. The maximum atomic E-state index is 11.8. The fraction of sp³-hybridized carbons (Fsp3) is 0.500. The maximum Gasteiger partial charge on any atom is 0.306 e. The van der Waals surface area contributed by atoms with Crippen LogP contribution in [-0.4, -0.2) is 32.8 Å². The smallest absolute Gasteiger partial charge is 0.306 e. The van der Waals surface area contributed by atoms with E-state index < -0.39 is 5.97 Å². The summed E-state index contributed by atoms with van der Waals surface area (Å²) in [5, 5.41) is 15.9. The number of hydrogen-bond acceptors (Lipinski definition) is 3. The van der Waals surface area contributed by atoms with Crippen LogP contribution >= 0.6 is 0 Å². The molecule has 1 aliphatic rings. The molecule has 2 rings (SSSR count). The molecule has 20 heavy (non-hydrogen) atoms. The Morgan fingerprint density at radius 3 is 2.95 bits per heavy atom. The number of nitrogens with one attached hydrogen (secondary N) is 1. The van der Waals surface area contributed by atoms with Crippen molar-refractivity contribution >= 4 is 18.0 Å². The van der Waals surface area contributed by atoms with Gasteiger partial charge in [0.05, 0.1) is 12.1 Å². The minimum atomic E-state index is -0.769. The fourth-order valence-electron chi connectivity index (χ4n) is 2.49. The van der Waals surface area contributed by atoms with Crippen molar-refractivity contribution in [2.45, 2.75) is 31.7 Å². The lowest BCUT2D eigenvalue weighted by Crippen LogP contribution is -2.39. The Morgan fingerprint density at radius 2 is 2.30 bits per heavy atom. The van der Waals surface area contributed by atoms with E-state index in [-0.39, 0.29) is 17.9 Å². The highest BCUT2D eigenvalue weighted by Gasteiger charge is 2.27. The number of aryl methyl sites for hydroxylation is 1. The van der Waals surface area contributed by atoms with Gasteiger partial charge in [-0.3, -0.25) is 14.3 Å². The SMILES string of the molecule is Cn1cc(C=CC(=O)NC2CCCC(C(=O)O)C2)cn1. The molecule has 1 heterocycles. The van der Waals surface area contributed by atoms with E-state index in [0.29, 0.717) is 12.8 Å². The van der Waals surface area contributed by atoms with Gasteiger partial charge in [0, 0.05) is 30.9 Å². The molecule has 2 atom stereocenters. The monoisotopic (exact) mass is 277 g/mol. The highest BCUT2D eigenvalue weighted by molar-refractivity contribution is 5.91. The minimum Gasteiger partial charge on any atom is -0.481 e. The van der Waals surface area contributed by atoms with E-state index in [9.17, 15) is 9.59 Å². The molecule has 0 aromatic carbocycles. The van der Waals surface area contributed by atoms with Gasteiger partial charge in [0.1, 0.15) is 0 Å². The van der Waals surface area contributed by atoms with Crippen LogP contribution in [0.3, 0.4) is 0 Å². The highest BCUT2D eigenvalue weighted by Crippen LogP contribution is 2.24. The van der Waals surface area contributed by atoms with E-state index in [0.717, 1.165) is 18.4 Å². The molecule has 6 heteroatoms. The second kappa shape index (κ2) is 6.36. The second-order valence-electron chi connectivity index (χ2n) is 5.19. The van der Waals surface area contributed by atoms with Gasteiger partial charge in [-0.15, -0.1) is 0 Å². The van der Waals surface area contributed by atoms with Crippen LogP contribution in [0.15, 0.2) is 18.5 Å². The summed E-state index contributed by atoms with van der Waals surface area (Å²) in [6.45, 7) is 0. The van der Waals surface area contributed by atoms with Crippen LogP contribution in [-0.2, 0) is 16.6 Å². The van der Waals surface area contributed by atoms with Crippen molar-refractivity contribution in [3.63, 3.8) is 0 Å². The van der Waals surface area contributed by atoms with Crippen molar-refractivity contribution in [1.29, 1.82) is 0 Å².